The van der Waals surface area contributed by atoms with Gasteiger partial charge in [-0.15, -0.1) is 0 Å². The van der Waals surface area contributed by atoms with Gasteiger partial charge < -0.3 is 15.3 Å². The van der Waals surface area contributed by atoms with Gasteiger partial charge in [0.15, 0.2) is 0 Å². The van der Waals surface area contributed by atoms with E-state index >= 15 is 0 Å². The molecule has 1 heterocycles. The van der Waals surface area contributed by atoms with Crippen LogP contribution in [0.2, 0.25) is 0 Å². The van der Waals surface area contributed by atoms with Crippen molar-refractivity contribution in [1.82, 2.24) is 0 Å². The third kappa shape index (κ3) is 1.16. The number of hydrogen-bond acceptors (Lipinski definition) is 3. The Kier molecular flexibility index (Phi) is 2.40. The number of aliphatic hydroxyl groups is 1. The summed E-state index contributed by atoms with van der Waals surface area (Å²) in [5.41, 5.74) is 2.46. The van der Waals surface area contributed by atoms with Crippen molar-refractivity contribution < 1.29 is 9.90 Å². The van der Waals surface area contributed by atoms with E-state index in [0.717, 1.165) is 18.8 Å². The molecule has 4 heteroatoms. The van der Waals surface area contributed by atoms with E-state index in [0.29, 0.717) is 42.1 Å². The van der Waals surface area contributed by atoms with Gasteiger partial charge in [-0.3, -0.25) is 4.79 Å². The number of carbonyl (C=O) groups is 1. The molecule has 6 aliphatic carbocycles. The Bertz CT molecular complexity index is 772. The Morgan fingerprint density at radius 1 is 1.04 bits per heavy atom. The summed E-state index contributed by atoms with van der Waals surface area (Å²) in [5.74, 6) is 4.13. The quantitative estimate of drug-likeness (QED) is 0.878. The second-order valence-corrected chi connectivity index (χ2v) is 9.76. The van der Waals surface area contributed by atoms with Gasteiger partial charge in [0.2, 0.25) is 5.91 Å². The molecule has 1 saturated heterocycles. The second kappa shape index (κ2) is 4.30. The molecule has 1 aromatic rings. The average molecular weight is 350 g/mol. The lowest BCUT2D eigenvalue weighted by Crippen LogP contribution is -3.11. The fourth-order valence-corrected chi connectivity index (χ4v) is 8.87. The summed E-state index contributed by atoms with van der Waals surface area (Å²) in [6.07, 6.45) is 5.19. The molecule has 8 rings (SSSR count). The summed E-state index contributed by atoms with van der Waals surface area (Å²) in [6, 6.07) is 8.46. The van der Waals surface area contributed by atoms with Crippen LogP contribution in [0.1, 0.15) is 25.7 Å². The van der Waals surface area contributed by atoms with Gasteiger partial charge in [-0.2, -0.15) is 0 Å². The zero-order chi connectivity index (χ0) is 17.3. The third-order valence-electron chi connectivity index (χ3n) is 9.58. The number of hydrogen-bond donors (Lipinski definition) is 2. The van der Waals surface area contributed by atoms with Crippen LogP contribution in [0.25, 0.3) is 0 Å². The standard InChI is InChI=1S/C22H26N2O2/c25-11-21-14-17-15(21)19-16(21)18(14)22(17,19)20(26)23-12-6-5-7-13(10-12)24-8-3-1-2-4-9-24/h5-7,10,14-19,25H,1-4,8-9,11H2,(H,23,26). The van der Waals surface area contributed by atoms with Gasteiger partial charge in [-0.25, -0.2) is 0 Å². The van der Waals surface area contributed by atoms with E-state index < -0.39 is 0 Å². The molecule has 0 radical (unpaired) electrons. The summed E-state index contributed by atoms with van der Waals surface area (Å²) >= 11 is 0. The highest BCUT2D eigenvalue weighted by molar-refractivity contribution is 6.01. The zero-order valence-electron chi connectivity index (χ0n) is 15.0. The smallest absolute Gasteiger partial charge is 0.231 e. The molecule has 1 aromatic carbocycles. The van der Waals surface area contributed by atoms with E-state index in [1.54, 1.807) is 0 Å². The molecule has 1 aliphatic heterocycles. The van der Waals surface area contributed by atoms with Crippen molar-refractivity contribution in [2.45, 2.75) is 25.7 Å². The fourth-order valence-electron chi connectivity index (χ4n) is 8.87. The van der Waals surface area contributed by atoms with E-state index in [1.807, 2.05) is 6.07 Å². The van der Waals surface area contributed by atoms with Crippen LogP contribution in [-0.4, -0.2) is 30.7 Å². The van der Waals surface area contributed by atoms with Crippen LogP contribution in [-0.2, 0) is 4.79 Å². The molecule has 2 N–H and O–H groups in total. The molecule has 26 heavy (non-hydrogen) atoms. The molecular weight excluding hydrogens is 324 g/mol. The molecule has 1 amide bonds. The normalized spacial score (nSPS) is 50.9. The molecule has 0 spiro atoms. The lowest BCUT2D eigenvalue weighted by Gasteiger charge is -3.10. The van der Waals surface area contributed by atoms with Crippen molar-refractivity contribution in [2.24, 2.45) is 46.3 Å². The summed E-state index contributed by atoms with van der Waals surface area (Å²) in [6.45, 7) is 2.62. The van der Waals surface area contributed by atoms with Crippen LogP contribution in [0.5, 0.6) is 0 Å². The first kappa shape index (κ1) is 14.5. The number of benzene rings is 1. The van der Waals surface area contributed by atoms with Crippen molar-refractivity contribution in [1.29, 1.82) is 0 Å². The van der Waals surface area contributed by atoms with Crippen molar-refractivity contribution in [3.8, 4) is 0 Å². The monoisotopic (exact) mass is 350 g/mol. The Balaban J connectivity index is 1.10. The summed E-state index contributed by atoms with van der Waals surface area (Å²) in [4.78, 5) is 15.6. The summed E-state index contributed by atoms with van der Waals surface area (Å²) in [5, 5.41) is 13.0. The molecule has 6 saturated carbocycles. The van der Waals surface area contributed by atoms with Gasteiger partial charge in [0, 0.05) is 36.5 Å². The van der Waals surface area contributed by atoms with Gasteiger partial charge >= 0.3 is 0 Å². The van der Waals surface area contributed by atoms with E-state index in [4.69, 9.17) is 0 Å². The first-order valence-corrected chi connectivity index (χ1v) is 10.5. The maximum Gasteiger partial charge on any atom is 0.231 e. The maximum atomic E-state index is 13.1. The lowest BCUT2D eigenvalue weighted by molar-refractivity contribution is -0.643. The number of nitrogens with zero attached hydrogens (tertiary/aromatic N) is 1. The van der Waals surface area contributed by atoms with Crippen LogP contribution in [0.3, 0.4) is 0 Å². The van der Waals surface area contributed by atoms with Crippen LogP contribution < -0.4 is 10.2 Å². The van der Waals surface area contributed by atoms with Crippen molar-refractivity contribution >= 4 is 17.3 Å². The minimum absolute atomic E-state index is 0.0322. The van der Waals surface area contributed by atoms with Gasteiger partial charge in [-0.1, -0.05) is 18.9 Å². The zero-order valence-corrected chi connectivity index (χ0v) is 15.0. The number of rotatable bonds is 4. The van der Waals surface area contributed by atoms with E-state index in [1.165, 1.54) is 31.4 Å². The highest BCUT2D eigenvalue weighted by Gasteiger charge is 3.11. The fraction of sp³-hybridized carbons (Fsp3) is 0.682. The first-order chi connectivity index (χ1) is 12.8. The van der Waals surface area contributed by atoms with Gasteiger partial charge in [0.1, 0.15) is 0 Å². The second-order valence-electron chi connectivity index (χ2n) is 9.76. The van der Waals surface area contributed by atoms with Crippen molar-refractivity contribution in [2.75, 3.05) is 29.9 Å². The number of amides is 1. The minimum atomic E-state index is -0.0322. The first-order valence-electron chi connectivity index (χ1n) is 10.5. The van der Waals surface area contributed by atoms with E-state index in [-0.39, 0.29) is 16.7 Å². The number of aliphatic hydroxyl groups excluding tert-OH is 1. The lowest BCUT2D eigenvalue weighted by atomic mass is 8.92. The molecule has 0 aromatic heterocycles. The van der Waals surface area contributed by atoms with Crippen LogP contribution in [0.15, 0.2) is 24.3 Å². The van der Waals surface area contributed by atoms with E-state index in [2.05, 4.69) is 28.4 Å². The SMILES string of the molecule is O=C(Nc1cccc(N2CCCCCC2)c1)C12C3C4C1C1C2C3C41CO. The van der Waals surface area contributed by atoms with Gasteiger partial charge in [0.05, 0.1) is 5.41 Å². The predicted molar refractivity (Wildman–Crippen MR) is 98.6 cm³/mol. The van der Waals surface area contributed by atoms with Crippen LogP contribution >= 0.6 is 0 Å². The van der Waals surface area contributed by atoms with Crippen LogP contribution in [0, 0.1) is 46.3 Å². The molecule has 0 atom stereocenters. The Labute approximate surface area is 154 Å². The largest absolute Gasteiger partial charge is 0.396 e. The number of nitrogens with one attached hydrogen (secondary N) is 1. The topological polar surface area (TPSA) is 52.6 Å². The van der Waals surface area contributed by atoms with Gasteiger partial charge in [-0.05, 0) is 66.5 Å². The molecular formula is C22H26N2O2. The molecule has 4 nitrogen and oxygen atoms in total. The van der Waals surface area contributed by atoms with Crippen molar-refractivity contribution in [3.05, 3.63) is 24.3 Å². The Morgan fingerprint density at radius 3 is 2.31 bits per heavy atom. The summed E-state index contributed by atoms with van der Waals surface area (Å²) < 4.78 is 0. The molecule has 7 fully saturated rings. The molecule has 0 bridgehead atoms. The van der Waals surface area contributed by atoms with Gasteiger partial charge in [0.25, 0.3) is 0 Å². The van der Waals surface area contributed by atoms with E-state index in [9.17, 15) is 9.90 Å². The highest BCUT2D eigenvalue weighted by Crippen LogP contribution is 3.10. The molecule has 136 valence electrons. The minimum Gasteiger partial charge on any atom is -0.396 e. The Morgan fingerprint density at radius 2 is 1.69 bits per heavy atom. The third-order valence-corrected chi connectivity index (χ3v) is 9.58. The number of anilines is 2. The van der Waals surface area contributed by atoms with Crippen molar-refractivity contribution in [3.63, 3.8) is 0 Å². The Hall–Kier alpha value is -1.55. The predicted octanol–water partition coefficient (Wildman–Crippen LogP) is 2.74. The highest BCUT2D eigenvalue weighted by atomic mass is 16.3. The number of carbonyl (C=O) groups excluding carboxylic acids is 1. The molecule has 0 unspecified atom stereocenters. The average Bonchev–Trinajstić information content (AvgIpc) is 2.97. The van der Waals surface area contributed by atoms with Crippen LogP contribution in [0.4, 0.5) is 11.4 Å². The molecule has 7 aliphatic rings. The summed E-state index contributed by atoms with van der Waals surface area (Å²) in [7, 11) is 0. The maximum absolute atomic E-state index is 13.1.